The average Bonchev–Trinajstić information content (AvgIpc) is 3.54. The van der Waals surface area contributed by atoms with Gasteiger partial charge in [0, 0.05) is 22.7 Å². The van der Waals surface area contributed by atoms with Gasteiger partial charge in [-0.05, 0) is 24.6 Å². The molecule has 2 atom stereocenters. The third-order valence-electron chi connectivity index (χ3n) is 5.51. The molecular weight excluding hydrogens is 376 g/mol. The SMILES string of the molecule is COc1c(-c2ccc(-c3ccccn3)cc2)nc2ccccc2c1C(=O)C1CC1O. The minimum atomic E-state index is -0.574. The fraction of sp³-hybridized carbons (Fsp3) is 0.160. The predicted octanol–water partition coefficient (Wildman–Crippen LogP) is 4.54. The maximum absolute atomic E-state index is 13.2. The summed E-state index contributed by atoms with van der Waals surface area (Å²) in [4.78, 5) is 22.4. The number of pyridine rings is 2. The van der Waals surface area contributed by atoms with Crippen LogP contribution < -0.4 is 4.74 Å². The molecule has 1 fully saturated rings. The van der Waals surface area contributed by atoms with Gasteiger partial charge < -0.3 is 9.84 Å². The van der Waals surface area contributed by atoms with E-state index < -0.39 is 6.10 Å². The van der Waals surface area contributed by atoms with Crippen molar-refractivity contribution in [3.63, 3.8) is 0 Å². The Kier molecular flexibility index (Phi) is 4.52. The number of hydrogen-bond donors (Lipinski definition) is 1. The number of fused-ring (bicyclic) bond motifs is 1. The van der Waals surface area contributed by atoms with Gasteiger partial charge in [0.05, 0.1) is 35.9 Å². The molecule has 1 aliphatic carbocycles. The number of nitrogens with zero attached hydrogens (tertiary/aromatic N) is 2. The monoisotopic (exact) mass is 396 g/mol. The molecule has 2 unspecified atom stereocenters. The Labute approximate surface area is 174 Å². The van der Waals surface area contributed by atoms with E-state index in [-0.39, 0.29) is 11.7 Å². The van der Waals surface area contributed by atoms with Gasteiger partial charge in [-0.1, -0.05) is 48.5 Å². The van der Waals surface area contributed by atoms with E-state index in [1.165, 1.54) is 0 Å². The van der Waals surface area contributed by atoms with E-state index in [9.17, 15) is 9.90 Å². The summed E-state index contributed by atoms with van der Waals surface area (Å²) in [5.41, 5.74) is 4.57. The summed E-state index contributed by atoms with van der Waals surface area (Å²) in [6.45, 7) is 0. The van der Waals surface area contributed by atoms with Crippen molar-refractivity contribution in [3.05, 3.63) is 78.5 Å². The van der Waals surface area contributed by atoms with Crippen molar-refractivity contribution < 1.29 is 14.6 Å². The van der Waals surface area contributed by atoms with Crippen LogP contribution in [0.25, 0.3) is 33.4 Å². The number of ether oxygens (including phenoxy) is 1. The molecule has 0 saturated heterocycles. The van der Waals surface area contributed by atoms with Crippen LogP contribution in [0.5, 0.6) is 5.75 Å². The number of hydrogen-bond acceptors (Lipinski definition) is 5. The van der Waals surface area contributed by atoms with Crippen molar-refractivity contribution in [1.29, 1.82) is 0 Å². The number of aromatic nitrogens is 2. The van der Waals surface area contributed by atoms with E-state index in [4.69, 9.17) is 9.72 Å². The Hall–Kier alpha value is -3.57. The van der Waals surface area contributed by atoms with E-state index in [0.717, 1.165) is 27.7 Å². The van der Waals surface area contributed by atoms with E-state index in [1.807, 2.05) is 66.7 Å². The molecule has 4 aromatic rings. The maximum Gasteiger partial charge on any atom is 0.173 e. The molecular formula is C25H20N2O3. The molecule has 2 aromatic carbocycles. The lowest BCUT2D eigenvalue weighted by Crippen LogP contribution is -2.10. The molecule has 2 heterocycles. The Bertz CT molecular complexity index is 1240. The summed E-state index contributed by atoms with van der Waals surface area (Å²) in [6.07, 6.45) is 1.68. The van der Waals surface area contributed by atoms with Crippen molar-refractivity contribution in [2.24, 2.45) is 5.92 Å². The molecule has 30 heavy (non-hydrogen) atoms. The first kappa shape index (κ1) is 18.5. The molecule has 2 aromatic heterocycles. The predicted molar refractivity (Wildman–Crippen MR) is 115 cm³/mol. The quantitative estimate of drug-likeness (QED) is 0.502. The first-order valence-electron chi connectivity index (χ1n) is 9.88. The highest BCUT2D eigenvalue weighted by atomic mass is 16.5. The molecule has 1 saturated carbocycles. The van der Waals surface area contributed by atoms with Gasteiger partial charge in [-0.25, -0.2) is 4.98 Å². The fourth-order valence-corrected chi connectivity index (χ4v) is 3.81. The lowest BCUT2D eigenvalue weighted by molar-refractivity contribution is 0.0942. The lowest BCUT2D eigenvalue weighted by Gasteiger charge is -2.16. The van der Waals surface area contributed by atoms with Gasteiger partial charge >= 0.3 is 0 Å². The van der Waals surface area contributed by atoms with E-state index in [1.54, 1.807) is 13.3 Å². The van der Waals surface area contributed by atoms with Crippen LogP contribution in [-0.2, 0) is 0 Å². The van der Waals surface area contributed by atoms with Crippen LogP contribution in [-0.4, -0.2) is 34.1 Å². The molecule has 0 amide bonds. The van der Waals surface area contributed by atoms with Gasteiger partial charge in [-0.15, -0.1) is 0 Å². The first-order chi connectivity index (χ1) is 14.7. The maximum atomic E-state index is 13.2. The second-order valence-electron chi connectivity index (χ2n) is 7.45. The Morgan fingerprint density at radius 2 is 1.70 bits per heavy atom. The van der Waals surface area contributed by atoms with Gasteiger partial charge in [0.1, 0.15) is 5.69 Å². The van der Waals surface area contributed by atoms with Gasteiger partial charge in [0.2, 0.25) is 0 Å². The smallest absolute Gasteiger partial charge is 0.173 e. The normalized spacial score (nSPS) is 17.7. The summed E-state index contributed by atoms with van der Waals surface area (Å²) in [7, 11) is 1.55. The summed E-state index contributed by atoms with van der Waals surface area (Å²) < 4.78 is 5.71. The van der Waals surface area contributed by atoms with E-state index in [2.05, 4.69) is 4.98 Å². The van der Waals surface area contributed by atoms with Crippen molar-refractivity contribution in [3.8, 4) is 28.3 Å². The Morgan fingerprint density at radius 3 is 2.37 bits per heavy atom. The molecule has 0 spiro atoms. The fourth-order valence-electron chi connectivity index (χ4n) is 3.81. The van der Waals surface area contributed by atoms with Gasteiger partial charge in [0.15, 0.2) is 11.5 Å². The third-order valence-corrected chi connectivity index (χ3v) is 5.51. The molecule has 5 rings (SSSR count). The molecule has 0 radical (unpaired) electrons. The summed E-state index contributed by atoms with van der Waals surface area (Å²) in [5.74, 6) is -0.0169. The number of carbonyl (C=O) groups excluding carboxylic acids is 1. The number of benzene rings is 2. The van der Waals surface area contributed by atoms with Crippen LogP contribution in [0.4, 0.5) is 0 Å². The number of Topliss-reactive ketones (excluding diaryl/α,β-unsaturated/α-hetero) is 1. The van der Waals surface area contributed by atoms with Crippen LogP contribution in [0.15, 0.2) is 72.9 Å². The van der Waals surface area contributed by atoms with Crippen LogP contribution in [0.2, 0.25) is 0 Å². The number of rotatable bonds is 5. The van der Waals surface area contributed by atoms with Crippen molar-refractivity contribution in [2.45, 2.75) is 12.5 Å². The molecule has 148 valence electrons. The van der Waals surface area contributed by atoms with Crippen molar-refractivity contribution in [1.82, 2.24) is 9.97 Å². The van der Waals surface area contributed by atoms with Crippen LogP contribution in [0, 0.1) is 5.92 Å². The zero-order valence-electron chi connectivity index (χ0n) is 16.4. The van der Waals surface area contributed by atoms with Gasteiger partial charge in [-0.3, -0.25) is 9.78 Å². The molecule has 1 aliphatic rings. The molecule has 1 N–H and O–H groups in total. The number of aliphatic hydroxyl groups is 1. The zero-order chi connectivity index (χ0) is 20.7. The Morgan fingerprint density at radius 1 is 1.00 bits per heavy atom. The lowest BCUT2D eigenvalue weighted by atomic mass is 9.96. The standard InChI is InChI=1S/C25H20N2O3/c1-30-25-22(24(29)18-14-21(18)28)17-6-2-3-8-20(17)27-23(25)16-11-9-15(10-12-16)19-7-4-5-13-26-19/h2-13,18,21,28H,14H2,1H3. The second-order valence-corrected chi connectivity index (χ2v) is 7.45. The number of methoxy groups -OCH3 is 1. The van der Waals surface area contributed by atoms with E-state index in [0.29, 0.717) is 23.4 Å². The number of carbonyl (C=O) groups is 1. The molecule has 5 heteroatoms. The van der Waals surface area contributed by atoms with Crippen LogP contribution in [0.1, 0.15) is 16.8 Å². The van der Waals surface area contributed by atoms with Crippen LogP contribution in [0.3, 0.4) is 0 Å². The summed E-state index contributed by atoms with van der Waals surface area (Å²) in [6, 6.07) is 21.2. The molecule has 0 aliphatic heterocycles. The number of para-hydroxylation sites is 1. The number of ketones is 1. The minimum Gasteiger partial charge on any atom is -0.494 e. The number of aliphatic hydroxyl groups excluding tert-OH is 1. The third kappa shape index (κ3) is 3.13. The van der Waals surface area contributed by atoms with Gasteiger partial charge in [0.25, 0.3) is 0 Å². The minimum absolute atomic E-state index is 0.0932. The van der Waals surface area contributed by atoms with Gasteiger partial charge in [-0.2, -0.15) is 0 Å². The highest BCUT2D eigenvalue weighted by molar-refractivity contribution is 6.13. The molecule has 5 nitrogen and oxygen atoms in total. The van der Waals surface area contributed by atoms with Crippen molar-refractivity contribution in [2.75, 3.05) is 7.11 Å². The second kappa shape index (κ2) is 7.35. The average molecular weight is 396 g/mol. The zero-order valence-corrected chi connectivity index (χ0v) is 16.4. The highest BCUT2D eigenvalue weighted by Crippen LogP contribution is 2.42. The van der Waals surface area contributed by atoms with E-state index >= 15 is 0 Å². The van der Waals surface area contributed by atoms with Crippen LogP contribution >= 0.6 is 0 Å². The summed E-state index contributed by atoms with van der Waals surface area (Å²) in [5, 5.41) is 10.6. The van der Waals surface area contributed by atoms with Crippen molar-refractivity contribution >= 4 is 16.7 Å². The summed E-state index contributed by atoms with van der Waals surface area (Å²) >= 11 is 0. The Balaban J connectivity index is 1.67. The highest BCUT2D eigenvalue weighted by Gasteiger charge is 2.43. The first-order valence-corrected chi connectivity index (χ1v) is 9.88. The molecule has 0 bridgehead atoms. The largest absolute Gasteiger partial charge is 0.494 e. The topological polar surface area (TPSA) is 72.3 Å².